The first-order valence-corrected chi connectivity index (χ1v) is 5.98. The second-order valence-corrected chi connectivity index (χ2v) is 5.53. The van der Waals surface area contributed by atoms with E-state index < -0.39 is 0 Å². The van der Waals surface area contributed by atoms with E-state index in [1.807, 2.05) is 13.8 Å². The molecule has 2 aliphatic carbocycles. The van der Waals surface area contributed by atoms with E-state index >= 15 is 0 Å². The number of fused-ring (bicyclic) bond motifs is 5. The lowest BCUT2D eigenvalue weighted by Crippen LogP contribution is -2.38. The van der Waals surface area contributed by atoms with Crippen LogP contribution in [0.25, 0.3) is 0 Å². The van der Waals surface area contributed by atoms with Crippen LogP contribution in [0, 0.1) is 23.7 Å². The van der Waals surface area contributed by atoms with Gasteiger partial charge in [-0.1, -0.05) is 0 Å². The molecule has 0 aromatic rings. The van der Waals surface area contributed by atoms with Gasteiger partial charge < -0.3 is 0 Å². The average Bonchev–Trinajstić information content (AvgIpc) is 2.79. The molecule has 2 amide bonds. The minimum absolute atomic E-state index is 0.0370. The van der Waals surface area contributed by atoms with E-state index in [1.54, 1.807) is 0 Å². The number of carbonyl (C=O) groups excluding carboxylic acids is 2. The fourth-order valence-corrected chi connectivity index (χ4v) is 3.94. The SMILES string of the molecule is CC(C)N1C(=O)C2C(C1=O)[C@H]1CC[C@@H]2C1. The van der Waals surface area contributed by atoms with E-state index in [1.165, 1.54) is 4.90 Å². The Morgan fingerprint density at radius 3 is 1.93 bits per heavy atom. The number of likely N-dealkylation sites (tertiary alicyclic amines) is 1. The maximum Gasteiger partial charge on any atom is 0.233 e. The van der Waals surface area contributed by atoms with Crippen LogP contribution in [-0.4, -0.2) is 22.8 Å². The Morgan fingerprint density at radius 1 is 1.07 bits per heavy atom. The van der Waals surface area contributed by atoms with Gasteiger partial charge in [0, 0.05) is 6.04 Å². The first-order valence-electron chi connectivity index (χ1n) is 5.98. The van der Waals surface area contributed by atoms with E-state index in [4.69, 9.17) is 0 Å². The summed E-state index contributed by atoms with van der Waals surface area (Å²) < 4.78 is 0. The van der Waals surface area contributed by atoms with E-state index in [0.29, 0.717) is 11.8 Å². The van der Waals surface area contributed by atoms with Gasteiger partial charge in [-0.2, -0.15) is 0 Å². The van der Waals surface area contributed by atoms with Crippen LogP contribution < -0.4 is 0 Å². The van der Waals surface area contributed by atoms with Gasteiger partial charge in [-0.05, 0) is 44.9 Å². The summed E-state index contributed by atoms with van der Waals surface area (Å²) in [6.07, 6.45) is 3.45. The van der Waals surface area contributed by atoms with Crippen LogP contribution >= 0.6 is 0 Å². The predicted molar refractivity (Wildman–Crippen MR) is 54.8 cm³/mol. The summed E-state index contributed by atoms with van der Waals surface area (Å²) in [5.74, 6) is 1.37. The van der Waals surface area contributed by atoms with Gasteiger partial charge in [0.15, 0.2) is 0 Å². The molecule has 1 heterocycles. The van der Waals surface area contributed by atoms with Crippen molar-refractivity contribution in [3.63, 3.8) is 0 Å². The van der Waals surface area contributed by atoms with E-state index in [2.05, 4.69) is 0 Å². The smallest absolute Gasteiger partial charge is 0.233 e. The first-order chi connectivity index (χ1) is 7.11. The van der Waals surface area contributed by atoms with Crippen LogP contribution in [0.15, 0.2) is 0 Å². The molecule has 3 fully saturated rings. The summed E-state index contributed by atoms with van der Waals surface area (Å²) in [6, 6.07) is 0.0370. The third kappa shape index (κ3) is 1.01. The molecular formula is C12H17NO2. The number of carbonyl (C=O) groups is 2. The molecule has 2 unspecified atom stereocenters. The molecular weight excluding hydrogens is 190 g/mol. The summed E-state index contributed by atoms with van der Waals surface area (Å²) in [6.45, 7) is 3.86. The summed E-state index contributed by atoms with van der Waals surface area (Å²) in [7, 11) is 0. The molecule has 2 bridgehead atoms. The van der Waals surface area contributed by atoms with Crippen molar-refractivity contribution in [3.8, 4) is 0 Å². The highest BCUT2D eigenvalue weighted by Crippen LogP contribution is 2.56. The number of nitrogens with zero attached hydrogens (tertiary/aromatic N) is 1. The van der Waals surface area contributed by atoms with Crippen molar-refractivity contribution in [2.75, 3.05) is 0 Å². The van der Waals surface area contributed by atoms with Gasteiger partial charge in [-0.25, -0.2) is 0 Å². The molecule has 0 spiro atoms. The lowest BCUT2D eigenvalue weighted by molar-refractivity contribution is -0.142. The molecule has 0 aromatic carbocycles. The molecule has 3 nitrogen and oxygen atoms in total. The summed E-state index contributed by atoms with van der Waals surface area (Å²) in [4.78, 5) is 25.8. The van der Waals surface area contributed by atoms with Crippen LogP contribution in [0.3, 0.4) is 0 Å². The van der Waals surface area contributed by atoms with Crippen LogP contribution in [0.5, 0.6) is 0 Å². The highest BCUT2D eigenvalue weighted by molar-refractivity contribution is 6.06. The summed E-state index contributed by atoms with van der Waals surface area (Å²) in [5, 5.41) is 0. The normalized spacial score (nSPS) is 43.3. The zero-order valence-electron chi connectivity index (χ0n) is 9.27. The quantitative estimate of drug-likeness (QED) is 0.610. The molecule has 3 rings (SSSR count). The topological polar surface area (TPSA) is 37.4 Å². The number of amides is 2. The number of rotatable bonds is 1. The Hall–Kier alpha value is -0.860. The van der Waals surface area contributed by atoms with Crippen molar-refractivity contribution in [1.29, 1.82) is 0 Å². The fourth-order valence-electron chi connectivity index (χ4n) is 3.94. The van der Waals surface area contributed by atoms with E-state index in [0.717, 1.165) is 19.3 Å². The summed E-state index contributed by atoms with van der Waals surface area (Å²) >= 11 is 0. The highest BCUT2D eigenvalue weighted by atomic mass is 16.2. The Kier molecular flexibility index (Phi) is 1.77. The largest absolute Gasteiger partial charge is 0.280 e. The molecule has 3 heteroatoms. The Bertz CT molecular complexity index is 309. The zero-order valence-corrected chi connectivity index (χ0v) is 9.27. The second-order valence-electron chi connectivity index (χ2n) is 5.53. The molecule has 0 radical (unpaired) electrons. The standard InChI is InChI=1S/C12H17NO2/c1-6(2)13-11(14)9-7-3-4-8(5-7)10(9)12(13)15/h6-10H,3-5H2,1-2H3/t7-,8+,9?,10?. The van der Waals surface area contributed by atoms with Gasteiger partial charge in [0.25, 0.3) is 0 Å². The van der Waals surface area contributed by atoms with Crippen molar-refractivity contribution < 1.29 is 9.59 Å². The van der Waals surface area contributed by atoms with E-state index in [9.17, 15) is 9.59 Å². The van der Waals surface area contributed by atoms with Crippen molar-refractivity contribution in [3.05, 3.63) is 0 Å². The highest BCUT2D eigenvalue weighted by Gasteiger charge is 2.61. The molecule has 1 aliphatic heterocycles. The second kappa shape index (κ2) is 2.83. The van der Waals surface area contributed by atoms with Gasteiger partial charge in [-0.15, -0.1) is 0 Å². The Morgan fingerprint density at radius 2 is 1.53 bits per heavy atom. The molecule has 82 valence electrons. The maximum absolute atomic E-state index is 12.1. The van der Waals surface area contributed by atoms with Gasteiger partial charge >= 0.3 is 0 Å². The van der Waals surface area contributed by atoms with Gasteiger partial charge in [0.1, 0.15) is 0 Å². The van der Waals surface area contributed by atoms with Crippen LogP contribution in [0.2, 0.25) is 0 Å². The van der Waals surface area contributed by atoms with Gasteiger partial charge in [0.2, 0.25) is 11.8 Å². The van der Waals surface area contributed by atoms with Crippen molar-refractivity contribution in [2.24, 2.45) is 23.7 Å². The third-order valence-electron chi connectivity index (χ3n) is 4.48. The zero-order chi connectivity index (χ0) is 10.7. The van der Waals surface area contributed by atoms with E-state index in [-0.39, 0.29) is 29.7 Å². The van der Waals surface area contributed by atoms with Crippen LogP contribution in [0.1, 0.15) is 33.1 Å². The van der Waals surface area contributed by atoms with Crippen molar-refractivity contribution in [2.45, 2.75) is 39.2 Å². The van der Waals surface area contributed by atoms with Crippen molar-refractivity contribution >= 4 is 11.8 Å². The molecule has 4 atom stereocenters. The lowest BCUT2D eigenvalue weighted by Gasteiger charge is -2.20. The lowest BCUT2D eigenvalue weighted by atomic mass is 9.81. The minimum atomic E-state index is 0.0370. The molecule has 0 aromatic heterocycles. The monoisotopic (exact) mass is 207 g/mol. The van der Waals surface area contributed by atoms with Crippen LogP contribution in [0.4, 0.5) is 0 Å². The summed E-state index contributed by atoms with van der Waals surface area (Å²) in [5.41, 5.74) is 0. The Balaban J connectivity index is 1.97. The molecule has 2 saturated carbocycles. The fraction of sp³-hybridized carbons (Fsp3) is 0.833. The first kappa shape index (κ1) is 9.37. The number of hydrogen-bond acceptors (Lipinski definition) is 2. The van der Waals surface area contributed by atoms with Crippen LogP contribution in [-0.2, 0) is 9.59 Å². The average molecular weight is 207 g/mol. The molecule has 1 saturated heterocycles. The predicted octanol–water partition coefficient (Wildman–Crippen LogP) is 1.43. The molecule has 0 N–H and O–H groups in total. The molecule has 3 aliphatic rings. The van der Waals surface area contributed by atoms with Crippen molar-refractivity contribution in [1.82, 2.24) is 4.90 Å². The van der Waals surface area contributed by atoms with Gasteiger partial charge in [0.05, 0.1) is 11.8 Å². The molecule has 15 heavy (non-hydrogen) atoms. The number of imide groups is 1. The maximum atomic E-state index is 12.1. The number of hydrogen-bond donors (Lipinski definition) is 0. The van der Waals surface area contributed by atoms with Gasteiger partial charge in [-0.3, -0.25) is 14.5 Å². The minimum Gasteiger partial charge on any atom is -0.280 e. The third-order valence-corrected chi connectivity index (χ3v) is 4.48. The Labute approximate surface area is 89.8 Å².